The minimum atomic E-state index is -3.34. The number of nitrogens with zero attached hydrogens (tertiary/aromatic N) is 1. The first-order chi connectivity index (χ1) is 10.2. The number of amides is 1. The molecule has 0 saturated heterocycles. The number of rotatable bonds is 7. The fourth-order valence-corrected chi connectivity index (χ4v) is 3.80. The van der Waals surface area contributed by atoms with Crippen molar-refractivity contribution in [3.05, 3.63) is 33.8 Å². The van der Waals surface area contributed by atoms with Gasteiger partial charge in [-0.25, -0.2) is 12.7 Å². The second-order valence-corrected chi connectivity index (χ2v) is 7.57. The molecule has 1 N–H and O–H groups in total. The highest BCUT2D eigenvalue weighted by molar-refractivity contribution is 7.89. The van der Waals surface area contributed by atoms with Gasteiger partial charge in [-0.05, 0) is 37.1 Å². The Balaban J connectivity index is 2.70. The Morgan fingerprint density at radius 3 is 2.27 bits per heavy atom. The maximum absolute atomic E-state index is 12.1. The average Bonchev–Trinajstić information content (AvgIpc) is 2.43. The summed E-state index contributed by atoms with van der Waals surface area (Å²) in [4.78, 5) is 12.1. The first kappa shape index (κ1) is 18.9. The number of aryl methyl sites for hydroxylation is 2. The van der Waals surface area contributed by atoms with Crippen molar-refractivity contribution in [1.82, 2.24) is 9.62 Å². The normalized spacial score (nSPS) is 11.7. The molecule has 0 radical (unpaired) electrons. The van der Waals surface area contributed by atoms with Crippen LogP contribution in [-0.2, 0) is 10.0 Å². The summed E-state index contributed by atoms with van der Waals surface area (Å²) in [6.07, 6.45) is 0. The van der Waals surface area contributed by atoms with Crippen LogP contribution in [-0.4, -0.2) is 44.0 Å². The van der Waals surface area contributed by atoms with Crippen LogP contribution in [0.1, 0.15) is 35.3 Å². The lowest BCUT2D eigenvalue weighted by molar-refractivity contribution is 0.0956. The first-order valence-electron chi connectivity index (χ1n) is 7.25. The molecule has 0 fully saturated rings. The van der Waals surface area contributed by atoms with E-state index < -0.39 is 10.0 Å². The molecular formula is C15H23ClN2O3S. The van der Waals surface area contributed by atoms with Crippen LogP contribution in [0.2, 0.25) is 5.02 Å². The number of carbonyl (C=O) groups is 1. The predicted molar refractivity (Wildman–Crippen MR) is 90.0 cm³/mol. The number of hydrogen-bond acceptors (Lipinski definition) is 3. The Morgan fingerprint density at radius 1 is 1.18 bits per heavy atom. The van der Waals surface area contributed by atoms with Gasteiger partial charge in [-0.2, -0.15) is 0 Å². The molecule has 7 heteroatoms. The van der Waals surface area contributed by atoms with Crippen molar-refractivity contribution in [2.75, 3.05) is 25.4 Å². The Bertz CT molecular complexity index is 640. The molecule has 0 saturated carbocycles. The van der Waals surface area contributed by atoms with E-state index in [1.165, 1.54) is 4.31 Å². The van der Waals surface area contributed by atoms with Gasteiger partial charge >= 0.3 is 0 Å². The third-order valence-electron chi connectivity index (χ3n) is 3.57. The maximum atomic E-state index is 12.1. The number of benzene rings is 1. The summed E-state index contributed by atoms with van der Waals surface area (Å²) in [5, 5.41) is 2.98. The molecule has 0 aliphatic heterocycles. The molecule has 1 aromatic carbocycles. The van der Waals surface area contributed by atoms with E-state index >= 15 is 0 Å². The second kappa shape index (κ2) is 7.94. The molecule has 0 aliphatic carbocycles. The Hall–Kier alpha value is -1.11. The maximum Gasteiger partial charge on any atom is 0.252 e. The molecule has 0 bridgehead atoms. The van der Waals surface area contributed by atoms with E-state index in [2.05, 4.69) is 5.32 Å². The van der Waals surface area contributed by atoms with Crippen molar-refractivity contribution < 1.29 is 13.2 Å². The summed E-state index contributed by atoms with van der Waals surface area (Å²) < 4.78 is 25.4. The van der Waals surface area contributed by atoms with Gasteiger partial charge in [0.1, 0.15) is 0 Å². The zero-order valence-corrected chi connectivity index (χ0v) is 15.0. The Labute approximate surface area is 137 Å². The molecule has 0 atom stereocenters. The average molecular weight is 347 g/mol. The van der Waals surface area contributed by atoms with Gasteiger partial charge in [-0.1, -0.05) is 25.4 Å². The quantitative estimate of drug-likeness (QED) is 0.824. The summed E-state index contributed by atoms with van der Waals surface area (Å²) in [6, 6.07) is 3.45. The standard InChI is InChI=1S/C15H23ClN2O3S/c1-5-18(6-2)22(20,21)8-7-17-15(19)13-9-11(3)12(4)10-14(13)16/h9-10H,5-8H2,1-4H3,(H,17,19). The highest BCUT2D eigenvalue weighted by Gasteiger charge is 2.19. The fourth-order valence-electron chi connectivity index (χ4n) is 2.09. The summed E-state index contributed by atoms with van der Waals surface area (Å²) in [7, 11) is -3.34. The van der Waals surface area contributed by atoms with Crippen molar-refractivity contribution in [3.8, 4) is 0 Å². The van der Waals surface area contributed by atoms with Gasteiger partial charge in [0, 0.05) is 19.6 Å². The molecule has 1 rings (SSSR count). The monoisotopic (exact) mass is 346 g/mol. The molecule has 1 aromatic rings. The lowest BCUT2D eigenvalue weighted by atomic mass is 10.1. The fraction of sp³-hybridized carbons (Fsp3) is 0.533. The Kier molecular flexibility index (Phi) is 6.84. The van der Waals surface area contributed by atoms with E-state index in [4.69, 9.17) is 11.6 Å². The molecule has 1 amide bonds. The smallest absolute Gasteiger partial charge is 0.252 e. The van der Waals surface area contributed by atoms with E-state index in [0.29, 0.717) is 23.7 Å². The van der Waals surface area contributed by atoms with Crippen LogP contribution in [0.25, 0.3) is 0 Å². The topological polar surface area (TPSA) is 66.5 Å². The van der Waals surface area contributed by atoms with Gasteiger partial charge in [0.2, 0.25) is 10.0 Å². The van der Waals surface area contributed by atoms with Gasteiger partial charge in [0.15, 0.2) is 0 Å². The van der Waals surface area contributed by atoms with E-state index in [1.54, 1.807) is 26.0 Å². The molecular weight excluding hydrogens is 324 g/mol. The molecule has 0 spiro atoms. The van der Waals surface area contributed by atoms with Gasteiger partial charge in [-0.15, -0.1) is 0 Å². The van der Waals surface area contributed by atoms with Gasteiger partial charge in [-0.3, -0.25) is 4.79 Å². The summed E-state index contributed by atoms with van der Waals surface area (Å²) in [5.41, 5.74) is 2.33. The van der Waals surface area contributed by atoms with Crippen LogP contribution in [0, 0.1) is 13.8 Å². The van der Waals surface area contributed by atoms with Crippen LogP contribution in [0.4, 0.5) is 0 Å². The van der Waals surface area contributed by atoms with E-state index in [1.807, 2.05) is 13.8 Å². The first-order valence-corrected chi connectivity index (χ1v) is 9.24. The molecule has 22 heavy (non-hydrogen) atoms. The van der Waals surface area contributed by atoms with Crippen molar-refractivity contribution in [3.63, 3.8) is 0 Å². The van der Waals surface area contributed by atoms with E-state index in [9.17, 15) is 13.2 Å². The highest BCUT2D eigenvalue weighted by atomic mass is 35.5. The zero-order valence-electron chi connectivity index (χ0n) is 13.4. The van der Waals surface area contributed by atoms with E-state index in [-0.39, 0.29) is 18.2 Å². The van der Waals surface area contributed by atoms with Crippen LogP contribution >= 0.6 is 11.6 Å². The van der Waals surface area contributed by atoms with Crippen LogP contribution in [0.3, 0.4) is 0 Å². The number of hydrogen-bond donors (Lipinski definition) is 1. The Morgan fingerprint density at radius 2 is 1.73 bits per heavy atom. The lowest BCUT2D eigenvalue weighted by Gasteiger charge is -2.18. The van der Waals surface area contributed by atoms with Crippen molar-refractivity contribution in [1.29, 1.82) is 0 Å². The third-order valence-corrected chi connectivity index (χ3v) is 5.91. The van der Waals surface area contributed by atoms with Crippen LogP contribution in [0.15, 0.2) is 12.1 Å². The summed E-state index contributed by atoms with van der Waals surface area (Å²) in [5.74, 6) is -0.481. The molecule has 0 aromatic heterocycles. The van der Waals surface area contributed by atoms with Crippen molar-refractivity contribution >= 4 is 27.5 Å². The number of nitrogens with one attached hydrogen (secondary N) is 1. The summed E-state index contributed by atoms with van der Waals surface area (Å²) >= 11 is 6.07. The molecule has 0 heterocycles. The number of carbonyl (C=O) groups excluding carboxylic acids is 1. The minimum absolute atomic E-state index is 0.0565. The SMILES string of the molecule is CCN(CC)S(=O)(=O)CCNC(=O)c1cc(C)c(C)cc1Cl. The van der Waals surface area contributed by atoms with Gasteiger partial charge in [0.25, 0.3) is 5.91 Å². The van der Waals surface area contributed by atoms with Crippen LogP contribution < -0.4 is 5.32 Å². The molecule has 5 nitrogen and oxygen atoms in total. The van der Waals surface area contributed by atoms with Gasteiger partial charge in [0.05, 0.1) is 16.3 Å². The predicted octanol–water partition coefficient (Wildman–Crippen LogP) is 2.36. The third kappa shape index (κ3) is 4.69. The zero-order chi connectivity index (χ0) is 16.9. The van der Waals surface area contributed by atoms with Crippen molar-refractivity contribution in [2.45, 2.75) is 27.7 Å². The largest absolute Gasteiger partial charge is 0.351 e. The molecule has 0 aliphatic rings. The number of sulfonamides is 1. The van der Waals surface area contributed by atoms with Gasteiger partial charge < -0.3 is 5.32 Å². The highest BCUT2D eigenvalue weighted by Crippen LogP contribution is 2.20. The van der Waals surface area contributed by atoms with Crippen LogP contribution in [0.5, 0.6) is 0 Å². The van der Waals surface area contributed by atoms with Crippen molar-refractivity contribution in [2.24, 2.45) is 0 Å². The second-order valence-electron chi connectivity index (χ2n) is 5.07. The molecule has 124 valence electrons. The number of halogens is 1. The molecule has 0 unspecified atom stereocenters. The summed E-state index contributed by atoms with van der Waals surface area (Å²) in [6.45, 7) is 8.29. The lowest BCUT2D eigenvalue weighted by Crippen LogP contribution is -2.37. The minimum Gasteiger partial charge on any atom is -0.351 e. The van der Waals surface area contributed by atoms with E-state index in [0.717, 1.165) is 11.1 Å².